The lowest BCUT2D eigenvalue weighted by Crippen LogP contribution is -2.36. The molecule has 0 radical (unpaired) electrons. The number of fused-ring (bicyclic) bond motifs is 1. The summed E-state index contributed by atoms with van der Waals surface area (Å²) in [5.74, 6) is 0.0291. The van der Waals surface area contributed by atoms with Crippen molar-refractivity contribution in [3.05, 3.63) is 45.1 Å². The van der Waals surface area contributed by atoms with Crippen LogP contribution in [0.15, 0.2) is 24.7 Å². The molecule has 0 aromatic carbocycles. The number of hydrogen-bond acceptors (Lipinski definition) is 4. The average molecular weight is 280 g/mol. The van der Waals surface area contributed by atoms with Crippen LogP contribution in [0.4, 0.5) is 0 Å². The second kappa shape index (κ2) is 4.66. The molecule has 0 fully saturated rings. The molecule has 0 bridgehead atoms. The van der Waals surface area contributed by atoms with Crippen LogP contribution in [-0.4, -0.2) is 27.3 Å². The monoisotopic (exact) mass is 279 g/mol. The van der Waals surface area contributed by atoms with E-state index in [9.17, 15) is 4.79 Å². The third-order valence-electron chi connectivity index (χ3n) is 2.93. The van der Waals surface area contributed by atoms with Gasteiger partial charge in [-0.1, -0.05) is 11.6 Å². The van der Waals surface area contributed by atoms with Crippen LogP contribution in [0.2, 0.25) is 4.34 Å². The zero-order valence-electron chi connectivity index (χ0n) is 9.47. The van der Waals surface area contributed by atoms with Crippen molar-refractivity contribution in [1.29, 1.82) is 0 Å². The second-order valence-electron chi connectivity index (χ2n) is 4.08. The Morgan fingerprint density at radius 2 is 2.33 bits per heavy atom. The third-order valence-corrected chi connectivity index (χ3v) is 4.15. The number of halogens is 1. The minimum Gasteiger partial charge on any atom is -0.333 e. The van der Waals surface area contributed by atoms with Crippen molar-refractivity contribution in [3.63, 3.8) is 0 Å². The first kappa shape index (κ1) is 11.6. The van der Waals surface area contributed by atoms with Crippen molar-refractivity contribution >= 4 is 28.8 Å². The van der Waals surface area contributed by atoms with Gasteiger partial charge in [0.05, 0.1) is 14.9 Å². The van der Waals surface area contributed by atoms with Gasteiger partial charge in [0, 0.05) is 31.3 Å². The maximum absolute atomic E-state index is 12.3. The van der Waals surface area contributed by atoms with E-state index in [1.54, 1.807) is 24.7 Å². The van der Waals surface area contributed by atoms with E-state index in [4.69, 9.17) is 11.6 Å². The number of carbonyl (C=O) groups excluding carboxylic acids is 1. The lowest BCUT2D eigenvalue weighted by molar-refractivity contribution is 0.0738. The summed E-state index contributed by atoms with van der Waals surface area (Å²) in [6.45, 7) is 1.27. The Balaban J connectivity index is 1.82. The van der Waals surface area contributed by atoms with Crippen LogP contribution in [0.5, 0.6) is 0 Å². The van der Waals surface area contributed by atoms with Gasteiger partial charge in [0.1, 0.15) is 6.33 Å². The van der Waals surface area contributed by atoms with Gasteiger partial charge in [0.2, 0.25) is 0 Å². The fourth-order valence-electron chi connectivity index (χ4n) is 2.02. The topological polar surface area (TPSA) is 46.1 Å². The van der Waals surface area contributed by atoms with Gasteiger partial charge in [-0.15, -0.1) is 11.3 Å². The molecule has 0 unspecified atom stereocenters. The molecular formula is C12H10ClN3OS. The molecule has 18 heavy (non-hydrogen) atoms. The highest BCUT2D eigenvalue weighted by Crippen LogP contribution is 2.25. The zero-order chi connectivity index (χ0) is 12.5. The van der Waals surface area contributed by atoms with Crippen LogP contribution in [0.3, 0.4) is 0 Å². The van der Waals surface area contributed by atoms with Crippen LogP contribution >= 0.6 is 22.9 Å². The largest absolute Gasteiger partial charge is 0.333 e. The lowest BCUT2D eigenvalue weighted by Gasteiger charge is -2.27. The first-order valence-corrected chi connectivity index (χ1v) is 6.76. The molecule has 0 atom stereocenters. The summed E-state index contributed by atoms with van der Waals surface area (Å²) in [5.41, 5.74) is 2.07. The predicted molar refractivity (Wildman–Crippen MR) is 69.8 cm³/mol. The highest BCUT2D eigenvalue weighted by atomic mass is 35.5. The normalized spacial score (nSPS) is 14.4. The van der Waals surface area contributed by atoms with Crippen molar-refractivity contribution in [2.45, 2.75) is 13.0 Å². The molecule has 1 amide bonds. The first-order valence-electron chi connectivity index (χ1n) is 5.56. The van der Waals surface area contributed by atoms with Gasteiger partial charge in [0.25, 0.3) is 5.91 Å². The SMILES string of the molecule is O=C(c1ccc(Cl)s1)N1CCc2ncncc2C1. The molecule has 3 heterocycles. The van der Waals surface area contributed by atoms with E-state index in [1.165, 1.54) is 11.3 Å². The van der Waals surface area contributed by atoms with E-state index in [0.717, 1.165) is 17.7 Å². The van der Waals surface area contributed by atoms with Gasteiger partial charge in [-0.3, -0.25) is 4.79 Å². The smallest absolute Gasteiger partial charge is 0.264 e. The van der Waals surface area contributed by atoms with Crippen LogP contribution in [0.1, 0.15) is 20.9 Å². The van der Waals surface area contributed by atoms with E-state index >= 15 is 0 Å². The molecule has 0 spiro atoms. The van der Waals surface area contributed by atoms with Gasteiger partial charge in [-0.05, 0) is 12.1 Å². The fourth-order valence-corrected chi connectivity index (χ4v) is 3.04. The molecule has 92 valence electrons. The number of hydrogen-bond donors (Lipinski definition) is 0. The maximum atomic E-state index is 12.3. The quantitative estimate of drug-likeness (QED) is 0.805. The molecule has 0 saturated heterocycles. The summed E-state index contributed by atoms with van der Waals surface area (Å²) in [5, 5.41) is 0. The molecule has 1 aliphatic heterocycles. The minimum atomic E-state index is 0.0291. The van der Waals surface area contributed by atoms with E-state index in [0.29, 0.717) is 22.3 Å². The molecule has 4 nitrogen and oxygen atoms in total. The van der Waals surface area contributed by atoms with Gasteiger partial charge in [-0.2, -0.15) is 0 Å². The number of amides is 1. The van der Waals surface area contributed by atoms with Gasteiger partial charge < -0.3 is 4.90 Å². The summed E-state index contributed by atoms with van der Waals surface area (Å²) in [6, 6.07) is 3.52. The van der Waals surface area contributed by atoms with Gasteiger partial charge in [-0.25, -0.2) is 9.97 Å². The summed E-state index contributed by atoms with van der Waals surface area (Å²) >= 11 is 7.17. The van der Waals surface area contributed by atoms with Crippen molar-refractivity contribution < 1.29 is 4.79 Å². The number of aromatic nitrogens is 2. The highest BCUT2D eigenvalue weighted by Gasteiger charge is 2.23. The third kappa shape index (κ3) is 2.11. The molecule has 2 aromatic heterocycles. The highest BCUT2D eigenvalue weighted by molar-refractivity contribution is 7.17. The van der Waals surface area contributed by atoms with Crippen molar-refractivity contribution in [1.82, 2.24) is 14.9 Å². The number of rotatable bonds is 1. The summed E-state index contributed by atoms with van der Waals surface area (Å²) in [7, 11) is 0. The molecular weight excluding hydrogens is 270 g/mol. The molecule has 0 N–H and O–H groups in total. The minimum absolute atomic E-state index is 0.0291. The Bertz CT molecular complexity index is 599. The molecule has 0 saturated carbocycles. The van der Waals surface area contributed by atoms with Crippen molar-refractivity contribution in [2.75, 3.05) is 6.54 Å². The Hall–Kier alpha value is -1.46. The summed E-state index contributed by atoms with van der Waals surface area (Å²) in [6.07, 6.45) is 4.11. The van der Waals surface area contributed by atoms with Crippen molar-refractivity contribution in [2.24, 2.45) is 0 Å². The molecule has 0 aliphatic carbocycles. The Morgan fingerprint density at radius 3 is 3.11 bits per heavy atom. The Kier molecular flexibility index (Phi) is 3.01. The summed E-state index contributed by atoms with van der Waals surface area (Å²) < 4.78 is 0.638. The first-order chi connectivity index (χ1) is 8.74. The number of nitrogens with zero attached hydrogens (tertiary/aromatic N) is 3. The van der Waals surface area contributed by atoms with Gasteiger partial charge >= 0.3 is 0 Å². The van der Waals surface area contributed by atoms with Crippen LogP contribution in [-0.2, 0) is 13.0 Å². The van der Waals surface area contributed by atoms with Crippen LogP contribution < -0.4 is 0 Å². The van der Waals surface area contributed by atoms with Crippen molar-refractivity contribution in [3.8, 4) is 0 Å². The summed E-state index contributed by atoms with van der Waals surface area (Å²) in [4.78, 5) is 23.0. The fraction of sp³-hybridized carbons (Fsp3) is 0.250. The van der Waals surface area contributed by atoms with Gasteiger partial charge in [0.15, 0.2) is 0 Å². The zero-order valence-corrected chi connectivity index (χ0v) is 11.0. The maximum Gasteiger partial charge on any atom is 0.264 e. The molecule has 2 aromatic rings. The molecule has 3 rings (SSSR count). The van der Waals surface area contributed by atoms with Crippen LogP contribution in [0.25, 0.3) is 0 Å². The average Bonchev–Trinajstić information content (AvgIpc) is 2.84. The Labute approximate surface area is 113 Å². The van der Waals surface area contributed by atoms with Crippen LogP contribution in [0, 0.1) is 0 Å². The van der Waals surface area contributed by atoms with E-state index < -0.39 is 0 Å². The standard InChI is InChI=1S/C12H10ClN3OS/c13-11-2-1-10(18-11)12(17)16-4-3-9-8(6-16)5-14-7-15-9/h1-2,5,7H,3-4,6H2. The molecule has 1 aliphatic rings. The second-order valence-corrected chi connectivity index (χ2v) is 5.79. The lowest BCUT2D eigenvalue weighted by atomic mass is 10.1. The van der Waals surface area contributed by atoms with E-state index in [2.05, 4.69) is 9.97 Å². The van der Waals surface area contributed by atoms with E-state index in [-0.39, 0.29) is 5.91 Å². The number of carbonyl (C=O) groups is 1. The predicted octanol–water partition coefficient (Wildman–Crippen LogP) is 2.39. The molecule has 6 heteroatoms. The number of thiophene rings is 1. The van der Waals surface area contributed by atoms with E-state index in [1.807, 2.05) is 4.90 Å². The Morgan fingerprint density at radius 1 is 1.44 bits per heavy atom.